The van der Waals surface area contributed by atoms with E-state index in [4.69, 9.17) is 0 Å². The van der Waals surface area contributed by atoms with E-state index in [0.717, 1.165) is 13.0 Å². The zero-order valence-electron chi connectivity index (χ0n) is 11.5. The SMILES string of the molecule is CCCS(=O)(=O)Nc1cnn(CCc2ccccc2)c1. The van der Waals surface area contributed by atoms with Gasteiger partial charge in [-0.15, -0.1) is 0 Å². The molecule has 0 aliphatic heterocycles. The van der Waals surface area contributed by atoms with Crippen LogP contribution in [0.2, 0.25) is 0 Å². The van der Waals surface area contributed by atoms with Gasteiger partial charge < -0.3 is 0 Å². The van der Waals surface area contributed by atoms with Gasteiger partial charge in [-0.25, -0.2) is 8.42 Å². The molecule has 0 amide bonds. The molecule has 108 valence electrons. The van der Waals surface area contributed by atoms with E-state index in [9.17, 15) is 8.42 Å². The summed E-state index contributed by atoms with van der Waals surface area (Å²) in [6.45, 7) is 2.56. The largest absolute Gasteiger partial charge is 0.280 e. The molecule has 0 aliphatic rings. The first-order valence-electron chi connectivity index (χ1n) is 6.66. The minimum Gasteiger partial charge on any atom is -0.280 e. The molecule has 1 N–H and O–H groups in total. The molecule has 0 saturated carbocycles. The summed E-state index contributed by atoms with van der Waals surface area (Å²) in [5, 5.41) is 4.17. The fourth-order valence-electron chi connectivity index (χ4n) is 1.93. The molecule has 0 radical (unpaired) electrons. The van der Waals surface area contributed by atoms with Crippen molar-refractivity contribution in [3.63, 3.8) is 0 Å². The number of hydrogen-bond acceptors (Lipinski definition) is 3. The van der Waals surface area contributed by atoms with Crippen molar-refractivity contribution in [3.8, 4) is 0 Å². The molecule has 5 nitrogen and oxygen atoms in total. The van der Waals surface area contributed by atoms with Crippen molar-refractivity contribution in [2.45, 2.75) is 26.3 Å². The molecule has 0 fully saturated rings. The quantitative estimate of drug-likeness (QED) is 0.851. The second-order valence-electron chi connectivity index (χ2n) is 4.65. The van der Waals surface area contributed by atoms with E-state index < -0.39 is 10.0 Å². The molecule has 20 heavy (non-hydrogen) atoms. The third-order valence-electron chi connectivity index (χ3n) is 2.85. The van der Waals surface area contributed by atoms with Crippen LogP contribution in [0.4, 0.5) is 5.69 Å². The third kappa shape index (κ3) is 4.38. The summed E-state index contributed by atoms with van der Waals surface area (Å²) >= 11 is 0. The lowest BCUT2D eigenvalue weighted by atomic mass is 10.1. The maximum absolute atomic E-state index is 11.6. The average Bonchev–Trinajstić information content (AvgIpc) is 2.84. The molecule has 1 aromatic carbocycles. The topological polar surface area (TPSA) is 64.0 Å². The van der Waals surface area contributed by atoms with Crippen LogP contribution in [0, 0.1) is 0 Å². The highest BCUT2D eigenvalue weighted by Gasteiger charge is 2.09. The van der Waals surface area contributed by atoms with Gasteiger partial charge in [-0.2, -0.15) is 5.10 Å². The first-order chi connectivity index (χ1) is 9.59. The molecule has 1 heterocycles. The van der Waals surface area contributed by atoms with Gasteiger partial charge in [-0.05, 0) is 18.4 Å². The molecular weight excluding hydrogens is 274 g/mol. The van der Waals surface area contributed by atoms with Crippen LogP contribution in [0.25, 0.3) is 0 Å². The van der Waals surface area contributed by atoms with Gasteiger partial charge >= 0.3 is 0 Å². The fraction of sp³-hybridized carbons (Fsp3) is 0.357. The number of benzene rings is 1. The maximum Gasteiger partial charge on any atom is 0.232 e. The monoisotopic (exact) mass is 293 g/mol. The third-order valence-corrected chi connectivity index (χ3v) is 4.34. The van der Waals surface area contributed by atoms with E-state index in [-0.39, 0.29) is 5.75 Å². The van der Waals surface area contributed by atoms with Crippen molar-refractivity contribution in [1.82, 2.24) is 9.78 Å². The molecule has 0 unspecified atom stereocenters. The highest BCUT2D eigenvalue weighted by atomic mass is 32.2. The summed E-state index contributed by atoms with van der Waals surface area (Å²) in [5.74, 6) is 0.127. The van der Waals surface area contributed by atoms with Crippen molar-refractivity contribution >= 4 is 15.7 Å². The molecule has 0 atom stereocenters. The summed E-state index contributed by atoms with van der Waals surface area (Å²) in [5.41, 5.74) is 1.75. The van der Waals surface area contributed by atoms with Crippen LogP contribution in [-0.2, 0) is 23.0 Å². The first-order valence-corrected chi connectivity index (χ1v) is 8.31. The van der Waals surface area contributed by atoms with Crippen LogP contribution in [0.5, 0.6) is 0 Å². The van der Waals surface area contributed by atoms with E-state index in [0.29, 0.717) is 12.1 Å². The van der Waals surface area contributed by atoms with Crippen LogP contribution < -0.4 is 4.72 Å². The fourth-order valence-corrected chi connectivity index (χ4v) is 3.03. The Morgan fingerprint density at radius 1 is 1.25 bits per heavy atom. The molecule has 6 heteroatoms. The number of anilines is 1. The van der Waals surface area contributed by atoms with E-state index in [2.05, 4.69) is 22.0 Å². The summed E-state index contributed by atoms with van der Waals surface area (Å²) in [6.07, 6.45) is 4.72. The Morgan fingerprint density at radius 2 is 2.00 bits per heavy atom. The van der Waals surface area contributed by atoms with Gasteiger partial charge in [0.15, 0.2) is 0 Å². The molecule has 0 saturated heterocycles. The predicted molar refractivity (Wildman–Crippen MR) is 80.1 cm³/mol. The van der Waals surface area contributed by atoms with Gasteiger partial charge in [0.1, 0.15) is 0 Å². The Morgan fingerprint density at radius 3 is 2.70 bits per heavy atom. The number of rotatable bonds is 7. The van der Waals surface area contributed by atoms with Crippen LogP contribution >= 0.6 is 0 Å². The van der Waals surface area contributed by atoms with Crippen LogP contribution in [-0.4, -0.2) is 24.0 Å². The van der Waals surface area contributed by atoms with Crippen molar-refractivity contribution in [2.75, 3.05) is 10.5 Å². The normalized spacial score (nSPS) is 11.4. The molecule has 2 rings (SSSR count). The Bertz CT molecular complexity index is 635. The van der Waals surface area contributed by atoms with Gasteiger partial charge in [0.25, 0.3) is 0 Å². The minimum absolute atomic E-state index is 0.127. The van der Waals surface area contributed by atoms with Crippen LogP contribution in [0.3, 0.4) is 0 Å². The molecular formula is C14H19N3O2S. The average molecular weight is 293 g/mol. The van der Waals surface area contributed by atoms with Gasteiger partial charge in [0.2, 0.25) is 10.0 Å². The van der Waals surface area contributed by atoms with Crippen LogP contribution in [0.1, 0.15) is 18.9 Å². The van der Waals surface area contributed by atoms with Crippen molar-refractivity contribution < 1.29 is 8.42 Å². The van der Waals surface area contributed by atoms with E-state index in [1.54, 1.807) is 10.9 Å². The van der Waals surface area contributed by atoms with Crippen LogP contribution in [0.15, 0.2) is 42.7 Å². The number of aromatic nitrogens is 2. The number of hydrogen-bond donors (Lipinski definition) is 1. The minimum atomic E-state index is -3.24. The van der Waals surface area contributed by atoms with Crippen molar-refractivity contribution in [3.05, 3.63) is 48.3 Å². The highest BCUT2D eigenvalue weighted by molar-refractivity contribution is 7.92. The molecule has 2 aromatic rings. The molecule has 1 aromatic heterocycles. The summed E-state index contributed by atoms with van der Waals surface area (Å²) < 4.78 is 27.6. The standard InChI is InChI=1S/C14H19N3O2S/c1-2-10-20(18,19)16-14-11-15-17(12-14)9-8-13-6-4-3-5-7-13/h3-7,11-12,16H,2,8-10H2,1H3. The smallest absolute Gasteiger partial charge is 0.232 e. The highest BCUT2D eigenvalue weighted by Crippen LogP contribution is 2.09. The second kappa shape index (κ2) is 6.56. The zero-order chi connectivity index (χ0) is 14.4. The van der Waals surface area contributed by atoms with Crippen molar-refractivity contribution in [1.29, 1.82) is 0 Å². The lowest BCUT2D eigenvalue weighted by Gasteiger charge is -2.04. The number of nitrogens with one attached hydrogen (secondary N) is 1. The lowest BCUT2D eigenvalue weighted by molar-refractivity contribution is 0.599. The number of sulfonamides is 1. The predicted octanol–water partition coefficient (Wildman–Crippen LogP) is 2.28. The molecule has 0 bridgehead atoms. The summed E-state index contributed by atoms with van der Waals surface area (Å²) in [4.78, 5) is 0. The van der Waals surface area contributed by atoms with E-state index >= 15 is 0 Å². The molecule has 0 aliphatic carbocycles. The summed E-state index contributed by atoms with van der Waals surface area (Å²) in [6, 6.07) is 10.1. The second-order valence-corrected chi connectivity index (χ2v) is 6.49. The lowest BCUT2D eigenvalue weighted by Crippen LogP contribution is -2.15. The first kappa shape index (κ1) is 14.6. The van der Waals surface area contributed by atoms with Crippen molar-refractivity contribution in [2.24, 2.45) is 0 Å². The van der Waals surface area contributed by atoms with Gasteiger partial charge in [0, 0.05) is 12.7 Å². The zero-order valence-corrected chi connectivity index (χ0v) is 12.3. The summed E-state index contributed by atoms with van der Waals surface area (Å²) in [7, 11) is -3.24. The van der Waals surface area contributed by atoms with Gasteiger partial charge in [-0.1, -0.05) is 37.3 Å². The Labute approximate surface area is 119 Å². The van der Waals surface area contributed by atoms with Gasteiger partial charge in [-0.3, -0.25) is 9.40 Å². The van der Waals surface area contributed by atoms with Gasteiger partial charge in [0.05, 0.1) is 17.6 Å². The Hall–Kier alpha value is -1.82. The Kier molecular flexibility index (Phi) is 4.79. The van der Waals surface area contributed by atoms with E-state index in [1.165, 1.54) is 11.8 Å². The number of nitrogens with zero attached hydrogens (tertiary/aromatic N) is 2. The Balaban J connectivity index is 1.92. The number of aryl methyl sites for hydroxylation is 2. The van der Waals surface area contributed by atoms with E-state index in [1.807, 2.05) is 25.1 Å². The maximum atomic E-state index is 11.6. The molecule has 0 spiro atoms.